The maximum atomic E-state index is 13.4. The molecule has 2 rings (SSSR count). The lowest BCUT2D eigenvalue weighted by atomic mass is 10.3. The monoisotopic (exact) mass is 226 g/mol. The van der Waals surface area contributed by atoms with Gasteiger partial charge in [-0.2, -0.15) is 0 Å². The first-order chi connectivity index (χ1) is 7.24. The van der Waals surface area contributed by atoms with Gasteiger partial charge in [-0.15, -0.1) is 0 Å². The minimum absolute atomic E-state index is 0.283. The zero-order valence-corrected chi connectivity index (χ0v) is 9.10. The summed E-state index contributed by atoms with van der Waals surface area (Å²) in [4.78, 5) is 2.85. The largest absolute Gasteiger partial charge is 0.383 e. The normalized spacial score (nSPS) is 11.1. The molecule has 0 aliphatic rings. The first-order valence-corrected chi connectivity index (χ1v) is 5.01. The van der Waals surface area contributed by atoms with Gasteiger partial charge in [0, 0.05) is 13.7 Å². The number of ether oxygens (including phenoxy) is 1. The number of benzene rings is 1. The molecule has 0 radical (unpaired) electrons. The fourth-order valence-corrected chi connectivity index (χ4v) is 1.84. The highest BCUT2D eigenvalue weighted by Crippen LogP contribution is 2.16. The lowest BCUT2D eigenvalue weighted by molar-refractivity contribution is 0.188. The Kier molecular flexibility index (Phi) is 2.83. The van der Waals surface area contributed by atoms with Crippen LogP contribution >= 0.6 is 12.2 Å². The third-order valence-corrected chi connectivity index (χ3v) is 2.60. The number of imidazole rings is 1. The van der Waals surface area contributed by atoms with E-state index in [4.69, 9.17) is 17.0 Å². The molecule has 0 atom stereocenters. The fourth-order valence-electron chi connectivity index (χ4n) is 1.55. The number of aromatic nitrogens is 2. The summed E-state index contributed by atoms with van der Waals surface area (Å²) in [6, 6.07) is 4.91. The van der Waals surface area contributed by atoms with Crippen molar-refractivity contribution in [2.24, 2.45) is 0 Å². The molecule has 1 aromatic heterocycles. The number of methoxy groups -OCH3 is 1. The summed E-state index contributed by atoms with van der Waals surface area (Å²) in [5.74, 6) is -0.283. The molecule has 1 aromatic carbocycles. The molecule has 0 amide bonds. The van der Waals surface area contributed by atoms with E-state index in [1.54, 1.807) is 13.2 Å². The van der Waals surface area contributed by atoms with E-state index >= 15 is 0 Å². The van der Waals surface area contributed by atoms with E-state index in [1.165, 1.54) is 6.07 Å². The van der Waals surface area contributed by atoms with Crippen molar-refractivity contribution < 1.29 is 9.13 Å². The molecule has 80 valence electrons. The van der Waals surface area contributed by atoms with E-state index in [0.717, 1.165) is 5.52 Å². The quantitative estimate of drug-likeness (QED) is 0.815. The Labute approximate surface area is 91.5 Å². The molecule has 1 N–H and O–H groups in total. The molecule has 0 spiro atoms. The smallest absolute Gasteiger partial charge is 0.178 e. The number of halogens is 1. The molecule has 15 heavy (non-hydrogen) atoms. The highest BCUT2D eigenvalue weighted by Gasteiger charge is 2.07. The van der Waals surface area contributed by atoms with Crippen molar-refractivity contribution >= 4 is 23.3 Å². The summed E-state index contributed by atoms with van der Waals surface area (Å²) in [5, 5.41) is 0. The molecule has 1 heterocycles. The average molecular weight is 226 g/mol. The third-order valence-electron chi connectivity index (χ3n) is 2.28. The topological polar surface area (TPSA) is 29.9 Å². The minimum Gasteiger partial charge on any atom is -0.383 e. The molecule has 0 aliphatic carbocycles. The van der Waals surface area contributed by atoms with Crippen molar-refractivity contribution in [2.45, 2.75) is 6.54 Å². The second kappa shape index (κ2) is 4.12. The fraction of sp³-hybridized carbons (Fsp3) is 0.300. The van der Waals surface area contributed by atoms with E-state index in [0.29, 0.717) is 23.4 Å². The molecule has 0 saturated carbocycles. The van der Waals surface area contributed by atoms with Gasteiger partial charge in [0.2, 0.25) is 0 Å². The molecule has 5 heteroatoms. The summed E-state index contributed by atoms with van der Waals surface area (Å²) in [7, 11) is 1.62. The molecule has 0 unspecified atom stereocenters. The Morgan fingerprint density at radius 1 is 1.53 bits per heavy atom. The second-order valence-electron chi connectivity index (χ2n) is 3.21. The minimum atomic E-state index is -0.283. The highest BCUT2D eigenvalue weighted by atomic mass is 32.1. The van der Waals surface area contributed by atoms with Crippen LogP contribution in [0, 0.1) is 10.6 Å². The third kappa shape index (κ3) is 1.80. The SMILES string of the molecule is COCCn1c(=S)[nH]c2c(F)cccc21. The standard InChI is InChI=1S/C10H11FN2OS/c1-14-6-5-13-8-4-2-3-7(11)9(8)12-10(13)15/h2-4H,5-6H2,1H3,(H,12,15). The van der Waals surface area contributed by atoms with Crippen LogP contribution in [0.2, 0.25) is 0 Å². The van der Waals surface area contributed by atoms with E-state index < -0.39 is 0 Å². The molecular formula is C10H11FN2OS. The lowest BCUT2D eigenvalue weighted by Crippen LogP contribution is -2.03. The van der Waals surface area contributed by atoms with Crippen LogP contribution in [0.15, 0.2) is 18.2 Å². The van der Waals surface area contributed by atoms with Gasteiger partial charge in [-0.3, -0.25) is 0 Å². The van der Waals surface area contributed by atoms with Crippen molar-refractivity contribution in [3.63, 3.8) is 0 Å². The summed E-state index contributed by atoms with van der Waals surface area (Å²) in [6.45, 7) is 1.18. The Morgan fingerprint density at radius 3 is 3.07 bits per heavy atom. The summed E-state index contributed by atoms with van der Waals surface area (Å²) < 4.78 is 20.7. The predicted octanol–water partition coefficient (Wildman–Crippen LogP) is 2.48. The first-order valence-electron chi connectivity index (χ1n) is 4.60. The van der Waals surface area contributed by atoms with Gasteiger partial charge in [0.05, 0.1) is 12.1 Å². The van der Waals surface area contributed by atoms with Gasteiger partial charge >= 0.3 is 0 Å². The number of fused-ring (bicyclic) bond motifs is 1. The Morgan fingerprint density at radius 2 is 2.33 bits per heavy atom. The molecular weight excluding hydrogens is 215 g/mol. The predicted molar refractivity (Wildman–Crippen MR) is 59.0 cm³/mol. The van der Waals surface area contributed by atoms with Gasteiger partial charge in [-0.1, -0.05) is 6.07 Å². The van der Waals surface area contributed by atoms with Crippen molar-refractivity contribution in [1.82, 2.24) is 9.55 Å². The van der Waals surface area contributed by atoms with Gasteiger partial charge in [-0.25, -0.2) is 4.39 Å². The van der Waals surface area contributed by atoms with Crippen LogP contribution in [0.25, 0.3) is 11.0 Å². The maximum Gasteiger partial charge on any atom is 0.178 e. The zero-order valence-electron chi connectivity index (χ0n) is 8.29. The van der Waals surface area contributed by atoms with Crippen molar-refractivity contribution in [1.29, 1.82) is 0 Å². The highest BCUT2D eigenvalue weighted by molar-refractivity contribution is 7.71. The van der Waals surface area contributed by atoms with Crippen LogP contribution in [0.5, 0.6) is 0 Å². The number of nitrogens with zero attached hydrogens (tertiary/aromatic N) is 1. The van der Waals surface area contributed by atoms with Gasteiger partial charge in [0.15, 0.2) is 4.77 Å². The van der Waals surface area contributed by atoms with E-state index in [-0.39, 0.29) is 5.82 Å². The summed E-state index contributed by atoms with van der Waals surface area (Å²) in [6.07, 6.45) is 0. The van der Waals surface area contributed by atoms with Crippen molar-refractivity contribution in [2.75, 3.05) is 13.7 Å². The van der Waals surface area contributed by atoms with Gasteiger partial charge in [0.25, 0.3) is 0 Å². The van der Waals surface area contributed by atoms with Crippen molar-refractivity contribution in [3.05, 3.63) is 28.8 Å². The Bertz CT molecular complexity index is 532. The van der Waals surface area contributed by atoms with Crippen LogP contribution in [0.3, 0.4) is 0 Å². The number of hydrogen-bond acceptors (Lipinski definition) is 2. The van der Waals surface area contributed by atoms with Crippen LogP contribution < -0.4 is 0 Å². The van der Waals surface area contributed by atoms with E-state index in [9.17, 15) is 4.39 Å². The Balaban J connectivity index is 2.58. The molecule has 0 aliphatic heterocycles. The van der Waals surface area contributed by atoms with Crippen LogP contribution in [0.4, 0.5) is 4.39 Å². The molecule has 3 nitrogen and oxygen atoms in total. The van der Waals surface area contributed by atoms with Gasteiger partial charge < -0.3 is 14.3 Å². The van der Waals surface area contributed by atoms with Crippen LogP contribution in [-0.2, 0) is 11.3 Å². The molecule has 0 bridgehead atoms. The Hall–Kier alpha value is -1.20. The molecule has 2 aromatic rings. The van der Waals surface area contributed by atoms with E-state index in [1.807, 2.05) is 10.6 Å². The van der Waals surface area contributed by atoms with Crippen LogP contribution in [0.1, 0.15) is 0 Å². The van der Waals surface area contributed by atoms with E-state index in [2.05, 4.69) is 4.98 Å². The number of aromatic amines is 1. The van der Waals surface area contributed by atoms with Crippen molar-refractivity contribution in [3.8, 4) is 0 Å². The van der Waals surface area contributed by atoms with Gasteiger partial charge in [0.1, 0.15) is 11.3 Å². The average Bonchev–Trinajstić information content (AvgIpc) is 2.54. The first kappa shape index (κ1) is 10.3. The number of para-hydroxylation sites is 1. The number of rotatable bonds is 3. The number of hydrogen-bond donors (Lipinski definition) is 1. The number of H-pyrrole nitrogens is 1. The lowest BCUT2D eigenvalue weighted by Gasteiger charge is -2.02. The zero-order chi connectivity index (χ0) is 10.8. The summed E-state index contributed by atoms with van der Waals surface area (Å²) in [5.41, 5.74) is 1.23. The van der Waals surface area contributed by atoms with Crippen LogP contribution in [-0.4, -0.2) is 23.3 Å². The maximum absolute atomic E-state index is 13.4. The second-order valence-corrected chi connectivity index (χ2v) is 3.60. The van der Waals surface area contributed by atoms with Gasteiger partial charge in [-0.05, 0) is 24.4 Å². The number of nitrogens with one attached hydrogen (secondary N) is 1. The molecule has 0 fully saturated rings. The molecule has 0 saturated heterocycles. The summed E-state index contributed by atoms with van der Waals surface area (Å²) >= 11 is 5.11.